The molecule has 0 aromatic rings. The van der Waals surface area contributed by atoms with Gasteiger partial charge in [-0.15, -0.1) is 0 Å². The molecule has 0 aromatic carbocycles. The average Bonchev–Trinajstić information content (AvgIpc) is 0.916. The van der Waals surface area contributed by atoms with Crippen LogP contribution in [0.2, 0.25) is 0 Å². The molecule has 0 amide bonds. The number of hydrogen-bond acceptors (Lipinski definition) is 15. The molecule has 0 saturated heterocycles. The lowest BCUT2D eigenvalue weighted by molar-refractivity contribution is -0.161. The zero-order valence-corrected chi connectivity index (χ0v) is 67.3. The lowest BCUT2D eigenvalue weighted by Crippen LogP contribution is -2.30. The van der Waals surface area contributed by atoms with E-state index in [1.807, 2.05) is 0 Å². The molecule has 0 saturated carbocycles. The number of ether oxygens (including phenoxy) is 4. The van der Waals surface area contributed by atoms with E-state index in [1.54, 1.807) is 0 Å². The third-order valence-corrected chi connectivity index (χ3v) is 21.2. The maximum Gasteiger partial charge on any atom is 0.472 e. The molecular weight excluding hydrogens is 1310 g/mol. The zero-order chi connectivity index (χ0) is 73.5. The number of esters is 4. The van der Waals surface area contributed by atoms with E-state index in [-0.39, 0.29) is 25.7 Å². The minimum absolute atomic E-state index is 0.107. The summed E-state index contributed by atoms with van der Waals surface area (Å²) in [5.74, 6) is -0.555. The van der Waals surface area contributed by atoms with Crippen molar-refractivity contribution in [1.29, 1.82) is 0 Å². The SMILES string of the molecule is CCCCCCCCCCCCCCCCCCCCCCCC(=O)O[C@H](COC(=O)CCCCCCCCCCCCC(C)CC)COP(=O)(O)OC[C@@H](O)COP(=O)(O)OC[C@@H](COC(=O)CCCCCCCCCCCC(C)C)OC(=O)CCCCCCCCCCCCCCC. The number of phosphoric ester groups is 2. The van der Waals surface area contributed by atoms with Crippen LogP contribution in [0.4, 0.5) is 0 Å². The molecule has 0 aliphatic rings. The lowest BCUT2D eigenvalue weighted by Gasteiger charge is -2.21. The maximum atomic E-state index is 13.1. The summed E-state index contributed by atoms with van der Waals surface area (Å²) in [4.78, 5) is 73.0. The Morgan fingerprint density at radius 1 is 0.290 bits per heavy atom. The summed E-state index contributed by atoms with van der Waals surface area (Å²) in [6, 6.07) is 0. The molecule has 3 unspecified atom stereocenters. The van der Waals surface area contributed by atoms with E-state index >= 15 is 0 Å². The third kappa shape index (κ3) is 73.0. The van der Waals surface area contributed by atoms with Gasteiger partial charge in [0.15, 0.2) is 12.2 Å². The molecule has 0 aromatic heterocycles. The summed E-state index contributed by atoms with van der Waals surface area (Å²) in [7, 11) is -9.92. The van der Waals surface area contributed by atoms with Crippen molar-refractivity contribution in [3.05, 3.63) is 0 Å². The monoisotopic (exact) mass is 1470 g/mol. The minimum Gasteiger partial charge on any atom is -0.462 e. The average molecular weight is 1470 g/mol. The number of carbonyl (C=O) groups is 4. The second-order valence-electron chi connectivity index (χ2n) is 29.9. The smallest absolute Gasteiger partial charge is 0.462 e. The van der Waals surface area contributed by atoms with Gasteiger partial charge in [-0.1, -0.05) is 375 Å². The van der Waals surface area contributed by atoms with Crippen molar-refractivity contribution in [2.45, 2.75) is 445 Å². The van der Waals surface area contributed by atoms with Crippen LogP contribution in [0.5, 0.6) is 0 Å². The zero-order valence-electron chi connectivity index (χ0n) is 65.5. The molecule has 0 heterocycles. The van der Waals surface area contributed by atoms with Gasteiger partial charge in [0.1, 0.15) is 19.3 Å². The van der Waals surface area contributed by atoms with E-state index in [2.05, 4.69) is 41.5 Å². The predicted octanol–water partition coefficient (Wildman–Crippen LogP) is 24.3. The molecule has 3 N–H and O–H groups in total. The first-order valence-corrected chi connectivity index (χ1v) is 45.0. The van der Waals surface area contributed by atoms with Gasteiger partial charge in [0.05, 0.1) is 26.4 Å². The van der Waals surface area contributed by atoms with Crippen LogP contribution in [0.15, 0.2) is 0 Å². The molecule has 0 spiro atoms. The van der Waals surface area contributed by atoms with Crippen molar-refractivity contribution in [3.63, 3.8) is 0 Å². The molecule has 594 valence electrons. The first kappa shape index (κ1) is 98.1. The lowest BCUT2D eigenvalue weighted by atomic mass is 9.99. The van der Waals surface area contributed by atoms with Crippen LogP contribution in [-0.4, -0.2) is 96.7 Å². The quantitative estimate of drug-likeness (QED) is 0.0222. The number of unbranched alkanes of at least 4 members (excludes halogenated alkanes) is 49. The largest absolute Gasteiger partial charge is 0.472 e. The van der Waals surface area contributed by atoms with E-state index in [0.29, 0.717) is 25.7 Å². The highest BCUT2D eigenvalue weighted by Gasteiger charge is 2.30. The van der Waals surface area contributed by atoms with Gasteiger partial charge in [0.25, 0.3) is 0 Å². The number of aliphatic hydroxyl groups excluding tert-OH is 1. The van der Waals surface area contributed by atoms with Crippen molar-refractivity contribution in [2.24, 2.45) is 11.8 Å². The molecule has 0 aliphatic heterocycles. The Morgan fingerprint density at radius 2 is 0.510 bits per heavy atom. The Kier molecular flexibility index (Phi) is 71.2. The fourth-order valence-corrected chi connectivity index (χ4v) is 14.1. The molecule has 100 heavy (non-hydrogen) atoms. The Morgan fingerprint density at radius 3 is 0.760 bits per heavy atom. The van der Waals surface area contributed by atoms with Crippen molar-refractivity contribution >= 4 is 39.5 Å². The highest BCUT2D eigenvalue weighted by atomic mass is 31.2. The summed E-state index contributed by atoms with van der Waals surface area (Å²) in [6.45, 7) is 9.64. The molecule has 17 nitrogen and oxygen atoms in total. The predicted molar refractivity (Wildman–Crippen MR) is 409 cm³/mol. The van der Waals surface area contributed by atoms with Crippen LogP contribution in [0, 0.1) is 11.8 Å². The first-order valence-electron chi connectivity index (χ1n) is 42.0. The molecule has 0 rings (SSSR count). The van der Waals surface area contributed by atoms with Crippen LogP contribution in [0.3, 0.4) is 0 Å². The number of rotatable bonds is 80. The molecule has 0 fully saturated rings. The maximum absolute atomic E-state index is 13.1. The number of carbonyl (C=O) groups excluding carboxylic acids is 4. The first-order chi connectivity index (χ1) is 48.4. The molecular formula is C81H158O17P2. The van der Waals surface area contributed by atoms with E-state index in [4.69, 9.17) is 37.0 Å². The number of phosphoric acid groups is 2. The Balaban J connectivity index is 5.23. The van der Waals surface area contributed by atoms with Gasteiger partial charge in [0.2, 0.25) is 0 Å². The number of hydrogen-bond donors (Lipinski definition) is 3. The second-order valence-corrected chi connectivity index (χ2v) is 32.8. The van der Waals surface area contributed by atoms with E-state index in [0.717, 1.165) is 102 Å². The van der Waals surface area contributed by atoms with Gasteiger partial charge in [-0.2, -0.15) is 0 Å². The highest BCUT2D eigenvalue weighted by Crippen LogP contribution is 2.45. The minimum atomic E-state index is -4.96. The van der Waals surface area contributed by atoms with Crippen molar-refractivity contribution in [2.75, 3.05) is 39.6 Å². The summed E-state index contributed by atoms with van der Waals surface area (Å²) in [6.07, 6.45) is 62.4. The van der Waals surface area contributed by atoms with Crippen molar-refractivity contribution in [1.82, 2.24) is 0 Å². The highest BCUT2D eigenvalue weighted by molar-refractivity contribution is 7.47. The number of aliphatic hydroxyl groups is 1. The van der Waals surface area contributed by atoms with Gasteiger partial charge < -0.3 is 33.8 Å². The normalized spacial score (nSPS) is 14.2. The van der Waals surface area contributed by atoms with Crippen LogP contribution >= 0.6 is 15.6 Å². The standard InChI is InChI=1S/C81H158O17P2/c1-7-10-12-14-16-18-20-22-23-24-25-26-27-28-29-31-33-41-48-54-60-66-81(86)97-76(69-91-78(83)63-57-51-45-39-35-34-38-44-50-56-62-74(6)9-3)71-95-99(87,88)93-67-75(82)68-94-100(89,90)96-72-77(70-92-79(84)64-58-52-46-42-36-37-43-49-55-61-73(4)5)98-80(85)65-59-53-47-40-32-30-21-19-17-15-13-11-8-2/h73-77,82H,7-72H2,1-6H3,(H,87,88)(H,89,90)/t74?,75-,76-,77-/m1/s1. The molecule has 0 aliphatic carbocycles. The molecule has 19 heteroatoms. The summed E-state index contributed by atoms with van der Waals surface area (Å²) >= 11 is 0. The Hall–Kier alpha value is -1.94. The van der Waals surface area contributed by atoms with Crippen molar-refractivity contribution < 1.29 is 80.2 Å². The topological polar surface area (TPSA) is 237 Å². The Bertz CT molecular complexity index is 1930. The van der Waals surface area contributed by atoms with E-state index in [1.165, 1.54) is 244 Å². The fraction of sp³-hybridized carbons (Fsp3) is 0.951. The summed E-state index contributed by atoms with van der Waals surface area (Å²) < 4.78 is 68.7. The molecule has 0 radical (unpaired) electrons. The third-order valence-electron chi connectivity index (χ3n) is 19.3. The second kappa shape index (κ2) is 72.6. The van der Waals surface area contributed by atoms with Gasteiger partial charge >= 0.3 is 39.5 Å². The Labute approximate surface area is 613 Å². The van der Waals surface area contributed by atoms with Crippen molar-refractivity contribution in [3.8, 4) is 0 Å². The van der Waals surface area contributed by atoms with Crippen LogP contribution in [-0.2, 0) is 65.4 Å². The molecule has 0 bridgehead atoms. The summed E-state index contributed by atoms with van der Waals surface area (Å²) in [5.41, 5.74) is 0. The fourth-order valence-electron chi connectivity index (χ4n) is 12.5. The van der Waals surface area contributed by atoms with Crippen LogP contribution in [0.25, 0.3) is 0 Å². The van der Waals surface area contributed by atoms with E-state index in [9.17, 15) is 43.2 Å². The van der Waals surface area contributed by atoms with E-state index < -0.39 is 97.5 Å². The summed E-state index contributed by atoms with van der Waals surface area (Å²) in [5, 5.41) is 10.6. The van der Waals surface area contributed by atoms with Crippen LogP contribution in [0.1, 0.15) is 427 Å². The molecule has 6 atom stereocenters. The van der Waals surface area contributed by atoms with Gasteiger partial charge in [-0.05, 0) is 37.5 Å². The van der Waals surface area contributed by atoms with Gasteiger partial charge in [-0.25, -0.2) is 9.13 Å². The van der Waals surface area contributed by atoms with Crippen LogP contribution < -0.4 is 0 Å². The van der Waals surface area contributed by atoms with Gasteiger partial charge in [-0.3, -0.25) is 37.3 Å². The van der Waals surface area contributed by atoms with Gasteiger partial charge in [0, 0.05) is 25.7 Å².